The molecule has 0 aliphatic carbocycles. The van der Waals surface area contributed by atoms with Crippen LogP contribution in [0.15, 0.2) is 24.7 Å². The Kier molecular flexibility index (Phi) is 2.94. The average molecular weight is 219 g/mol. The molecule has 2 aromatic rings. The highest BCUT2D eigenvalue weighted by Crippen LogP contribution is 2.13. The van der Waals surface area contributed by atoms with E-state index in [1.165, 1.54) is 0 Å². The van der Waals surface area contributed by atoms with Crippen molar-refractivity contribution in [3.05, 3.63) is 24.7 Å². The van der Waals surface area contributed by atoms with Crippen molar-refractivity contribution in [2.45, 2.75) is 13.8 Å². The van der Waals surface area contributed by atoms with Crippen molar-refractivity contribution >= 4 is 5.95 Å². The van der Waals surface area contributed by atoms with E-state index in [9.17, 15) is 0 Å². The van der Waals surface area contributed by atoms with Crippen molar-refractivity contribution in [3.63, 3.8) is 0 Å². The van der Waals surface area contributed by atoms with Gasteiger partial charge in [0.05, 0.1) is 6.20 Å². The molecule has 0 saturated carbocycles. The second-order valence-corrected chi connectivity index (χ2v) is 4.21. The molecule has 1 N–H and O–H groups in total. The van der Waals surface area contributed by atoms with E-state index in [-0.39, 0.29) is 0 Å². The Bertz CT molecular complexity index is 454. The summed E-state index contributed by atoms with van der Waals surface area (Å²) in [6.07, 6.45) is 5.50. The van der Waals surface area contributed by atoms with E-state index >= 15 is 0 Å². The smallest absolute Gasteiger partial charge is 0.208 e. The first kappa shape index (κ1) is 10.7. The molecule has 5 heteroatoms. The van der Waals surface area contributed by atoms with Crippen LogP contribution >= 0.6 is 0 Å². The lowest BCUT2D eigenvalue weighted by Crippen LogP contribution is -2.13. The van der Waals surface area contributed by atoms with Gasteiger partial charge >= 0.3 is 0 Å². The summed E-state index contributed by atoms with van der Waals surface area (Å²) in [5, 5.41) is 7.47. The Balaban J connectivity index is 2.23. The molecule has 0 aliphatic heterocycles. The van der Waals surface area contributed by atoms with E-state index in [1.54, 1.807) is 12.4 Å². The Morgan fingerprint density at radius 1 is 1.38 bits per heavy atom. The Morgan fingerprint density at radius 3 is 2.81 bits per heavy atom. The van der Waals surface area contributed by atoms with E-state index in [1.807, 2.05) is 28.6 Å². The zero-order chi connectivity index (χ0) is 11.5. The van der Waals surface area contributed by atoms with Gasteiger partial charge < -0.3 is 5.32 Å². The number of hydrogen-bond acceptors (Lipinski definition) is 3. The highest BCUT2D eigenvalue weighted by atomic mass is 15.3. The standard InChI is InChI=1S/C11H17N5/c1-9(2)8-13-11-12-6-7-16(11)10-4-5-14-15(10)3/h4-7,9H,8H2,1-3H3,(H,12,13). The molecule has 0 saturated heterocycles. The van der Waals surface area contributed by atoms with Crippen molar-refractivity contribution in [3.8, 4) is 5.82 Å². The molecule has 0 bridgehead atoms. The second kappa shape index (κ2) is 4.38. The van der Waals surface area contributed by atoms with Crippen LogP contribution in [-0.4, -0.2) is 25.9 Å². The molecular formula is C11H17N5. The third-order valence-corrected chi connectivity index (χ3v) is 2.35. The van der Waals surface area contributed by atoms with Gasteiger partial charge in [0, 0.05) is 32.1 Å². The van der Waals surface area contributed by atoms with Crippen molar-refractivity contribution in [2.24, 2.45) is 13.0 Å². The maximum atomic E-state index is 4.30. The van der Waals surface area contributed by atoms with E-state index in [2.05, 4.69) is 29.2 Å². The number of aryl methyl sites for hydroxylation is 1. The lowest BCUT2D eigenvalue weighted by Gasteiger charge is -2.11. The van der Waals surface area contributed by atoms with Crippen LogP contribution in [0, 0.1) is 5.92 Å². The second-order valence-electron chi connectivity index (χ2n) is 4.21. The molecule has 2 rings (SSSR count). The number of nitrogens with one attached hydrogen (secondary N) is 1. The third kappa shape index (κ3) is 2.08. The van der Waals surface area contributed by atoms with Gasteiger partial charge in [-0.3, -0.25) is 9.25 Å². The van der Waals surface area contributed by atoms with Crippen LogP contribution in [0.2, 0.25) is 0 Å². The Labute approximate surface area is 95.1 Å². The summed E-state index contributed by atoms with van der Waals surface area (Å²) >= 11 is 0. The molecule has 0 aromatic carbocycles. The van der Waals surface area contributed by atoms with Gasteiger partial charge in [-0.05, 0) is 5.92 Å². The predicted molar refractivity (Wildman–Crippen MR) is 63.7 cm³/mol. The lowest BCUT2D eigenvalue weighted by atomic mass is 10.2. The Hall–Kier alpha value is -1.78. The van der Waals surface area contributed by atoms with Gasteiger partial charge in [0.15, 0.2) is 0 Å². The fourth-order valence-corrected chi connectivity index (χ4v) is 1.52. The van der Waals surface area contributed by atoms with Gasteiger partial charge in [0.2, 0.25) is 5.95 Å². The summed E-state index contributed by atoms with van der Waals surface area (Å²) in [5.74, 6) is 2.46. The van der Waals surface area contributed by atoms with Gasteiger partial charge in [-0.2, -0.15) is 5.10 Å². The van der Waals surface area contributed by atoms with Crippen molar-refractivity contribution in [1.29, 1.82) is 0 Å². The molecule has 0 amide bonds. The molecule has 0 unspecified atom stereocenters. The van der Waals surface area contributed by atoms with E-state index in [0.717, 1.165) is 18.3 Å². The minimum Gasteiger partial charge on any atom is -0.355 e. The normalized spacial score (nSPS) is 11.0. The van der Waals surface area contributed by atoms with Gasteiger partial charge in [0.25, 0.3) is 0 Å². The quantitative estimate of drug-likeness (QED) is 0.851. The summed E-state index contributed by atoms with van der Waals surface area (Å²) in [7, 11) is 1.92. The molecule has 2 aromatic heterocycles. The van der Waals surface area contributed by atoms with Crippen LogP contribution in [0.1, 0.15) is 13.8 Å². The molecule has 16 heavy (non-hydrogen) atoms. The summed E-state index contributed by atoms with van der Waals surface area (Å²) in [4.78, 5) is 4.30. The highest BCUT2D eigenvalue weighted by molar-refractivity contribution is 5.37. The third-order valence-electron chi connectivity index (χ3n) is 2.35. The fourth-order valence-electron chi connectivity index (χ4n) is 1.52. The molecule has 2 heterocycles. The maximum absolute atomic E-state index is 4.30. The number of nitrogens with zero attached hydrogens (tertiary/aromatic N) is 4. The fraction of sp³-hybridized carbons (Fsp3) is 0.455. The highest BCUT2D eigenvalue weighted by Gasteiger charge is 2.07. The maximum Gasteiger partial charge on any atom is 0.208 e. The molecule has 0 fully saturated rings. The molecule has 0 aliphatic rings. The largest absolute Gasteiger partial charge is 0.355 e. The zero-order valence-corrected chi connectivity index (χ0v) is 9.88. The molecule has 0 atom stereocenters. The molecular weight excluding hydrogens is 202 g/mol. The van der Waals surface area contributed by atoms with Crippen LogP contribution < -0.4 is 5.32 Å². The van der Waals surface area contributed by atoms with Crippen LogP contribution in [0.25, 0.3) is 5.82 Å². The van der Waals surface area contributed by atoms with Crippen LogP contribution in [0.3, 0.4) is 0 Å². The first-order valence-electron chi connectivity index (χ1n) is 5.44. The summed E-state index contributed by atoms with van der Waals surface area (Å²) in [5.41, 5.74) is 0. The predicted octanol–water partition coefficient (Wildman–Crippen LogP) is 1.67. The first-order chi connectivity index (χ1) is 7.68. The number of imidazole rings is 1. The lowest BCUT2D eigenvalue weighted by molar-refractivity contribution is 0.679. The number of hydrogen-bond donors (Lipinski definition) is 1. The SMILES string of the molecule is CC(C)CNc1nccn1-c1ccnn1C. The zero-order valence-electron chi connectivity index (χ0n) is 9.88. The van der Waals surface area contributed by atoms with Crippen LogP contribution in [-0.2, 0) is 7.05 Å². The molecule has 5 nitrogen and oxygen atoms in total. The monoisotopic (exact) mass is 219 g/mol. The van der Waals surface area contributed by atoms with Gasteiger partial charge in [-0.15, -0.1) is 0 Å². The van der Waals surface area contributed by atoms with Crippen molar-refractivity contribution in [2.75, 3.05) is 11.9 Å². The van der Waals surface area contributed by atoms with Gasteiger partial charge in [0.1, 0.15) is 5.82 Å². The molecule has 0 spiro atoms. The van der Waals surface area contributed by atoms with Crippen LogP contribution in [0.4, 0.5) is 5.95 Å². The topological polar surface area (TPSA) is 47.7 Å². The van der Waals surface area contributed by atoms with Gasteiger partial charge in [-0.25, -0.2) is 4.98 Å². The number of anilines is 1. The number of rotatable bonds is 4. The summed E-state index contributed by atoms with van der Waals surface area (Å²) in [6, 6.07) is 1.96. The summed E-state index contributed by atoms with van der Waals surface area (Å²) < 4.78 is 3.82. The summed E-state index contributed by atoms with van der Waals surface area (Å²) in [6.45, 7) is 5.25. The van der Waals surface area contributed by atoms with E-state index in [0.29, 0.717) is 5.92 Å². The van der Waals surface area contributed by atoms with E-state index < -0.39 is 0 Å². The molecule has 0 radical (unpaired) electrons. The van der Waals surface area contributed by atoms with Crippen LogP contribution in [0.5, 0.6) is 0 Å². The van der Waals surface area contributed by atoms with Gasteiger partial charge in [-0.1, -0.05) is 13.8 Å². The minimum atomic E-state index is 0.594. The van der Waals surface area contributed by atoms with Crippen molar-refractivity contribution in [1.82, 2.24) is 19.3 Å². The van der Waals surface area contributed by atoms with E-state index in [4.69, 9.17) is 0 Å². The average Bonchev–Trinajstić information content (AvgIpc) is 2.82. The first-order valence-corrected chi connectivity index (χ1v) is 5.44. The number of aromatic nitrogens is 4. The Morgan fingerprint density at radius 2 is 2.19 bits per heavy atom. The van der Waals surface area contributed by atoms with Crippen molar-refractivity contribution < 1.29 is 0 Å². The molecule has 86 valence electrons. The minimum absolute atomic E-state index is 0.594.